The van der Waals surface area contributed by atoms with Crippen LogP contribution < -0.4 is 5.32 Å². The summed E-state index contributed by atoms with van der Waals surface area (Å²) in [6.45, 7) is 0.801. The molecule has 1 fully saturated rings. The second-order valence-electron chi connectivity index (χ2n) is 6.24. The van der Waals surface area contributed by atoms with Gasteiger partial charge in [-0.25, -0.2) is 9.37 Å². The van der Waals surface area contributed by atoms with Gasteiger partial charge >= 0.3 is 0 Å². The summed E-state index contributed by atoms with van der Waals surface area (Å²) in [5.41, 5.74) is 1.06. The maximum absolute atomic E-state index is 12.9. The van der Waals surface area contributed by atoms with Crippen molar-refractivity contribution in [2.45, 2.75) is 37.8 Å². The molecule has 1 aromatic carbocycles. The summed E-state index contributed by atoms with van der Waals surface area (Å²) in [6.07, 6.45) is 6.48. The van der Waals surface area contributed by atoms with E-state index in [1.807, 2.05) is 12.4 Å². The summed E-state index contributed by atoms with van der Waals surface area (Å²) in [4.78, 5) is 16.7. The minimum absolute atomic E-state index is 0.0367. The molecule has 22 heavy (non-hydrogen) atoms. The van der Waals surface area contributed by atoms with Gasteiger partial charge in [0.15, 0.2) is 0 Å². The van der Waals surface area contributed by atoms with Crippen molar-refractivity contribution >= 4 is 5.91 Å². The van der Waals surface area contributed by atoms with Crippen molar-refractivity contribution in [1.82, 2.24) is 14.9 Å². The van der Waals surface area contributed by atoms with Crippen molar-refractivity contribution in [3.63, 3.8) is 0 Å². The first kappa shape index (κ1) is 13.5. The van der Waals surface area contributed by atoms with E-state index in [2.05, 4.69) is 14.9 Å². The quantitative estimate of drug-likeness (QED) is 0.945. The number of rotatable bonds is 3. The Balaban J connectivity index is 1.35. The lowest BCUT2D eigenvalue weighted by Crippen LogP contribution is -2.41. The second kappa shape index (κ2) is 5.23. The molecule has 0 spiro atoms. The molecule has 2 aromatic rings. The van der Waals surface area contributed by atoms with Crippen LogP contribution in [-0.4, -0.2) is 21.5 Å². The van der Waals surface area contributed by atoms with E-state index in [-0.39, 0.29) is 29.6 Å². The SMILES string of the molecule is O=C(N[C@@H]1CCc2nccn2C1)[C@H]1C[C@H]1c1ccc(F)cc1. The molecule has 2 heterocycles. The van der Waals surface area contributed by atoms with Crippen LogP contribution in [0.4, 0.5) is 4.39 Å². The Morgan fingerprint density at radius 3 is 2.95 bits per heavy atom. The number of fused-ring (bicyclic) bond motifs is 1. The third kappa shape index (κ3) is 2.51. The van der Waals surface area contributed by atoms with Crippen LogP contribution in [0.2, 0.25) is 0 Å². The standard InChI is InChI=1S/C17H18FN3O/c18-12-3-1-11(2-4-12)14-9-15(14)17(22)20-13-5-6-16-19-7-8-21(16)10-13/h1-4,7-8,13-15H,5-6,9-10H2,(H,20,22)/t13-,14+,15+/m1/s1. The van der Waals surface area contributed by atoms with Crippen LogP contribution in [0.15, 0.2) is 36.7 Å². The number of nitrogens with zero attached hydrogens (tertiary/aromatic N) is 2. The number of carbonyl (C=O) groups excluding carboxylic acids is 1. The van der Waals surface area contributed by atoms with Crippen LogP contribution in [0.5, 0.6) is 0 Å². The van der Waals surface area contributed by atoms with Gasteiger partial charge in [-0.2, -0.15) is 0 Å². The topological polar surface area (TPSA) is 46.9 Å². The average molecular weight is 299 g/mol. The fourth-order valence-electron chi connectivity index (χ4n) is 3.36. The number of hydrogen-bond acceptors (Lipinski definition) is 2. The number of amides is 1. The average Bonchev–Trinajstić information content (AvgIpc) is 3.18. The highest BCUT2D eigenvalue weighted by atomic mass is 19.1. The van der Waals surface area contributed by atoms with E-state index in [4.69, 9.17) is 0 Å². The third-order valence-electron chi connectivity index (χ3n) is 4.71. The number of aryl methyl sites for hydroxylation is 1. The van der Waals surface area contributed by atoms with Crippen molar-refractivity contribution in [3.8, 4) is 0 Å². The van der Waals surface area contributed by atoms with Gasteiger partial charge in [0.1, 0.15) is 11.6 Å². The normalized spacial score (nSPS) is 26.3. The molecule has 4 nitrogen and oxygen atoms in total. The van der Waals surface area contributed by atoms with E-state index in [1.165, 1.54) is 12.1 Å². The van der Waals surface area contributed by atoms with Crippen molar-refractivity contribution in [2.24, 2.45) is 5.92 Å². The van der Waals surface area contributed by atoms with Crippen molar-refractivity contribution in [3.05, 3.63) is 53.9 Å². The first-order valence-corrected chi connectivity index (χ1v) is 7.76. The Bertz CT molecular complexity index is 694. The van der Waals surface area contributed by atoms with Gasteiger partial charge in [-0.3, -0.25) is 4.79 Å². The molecule has 4 rings (SSSR count). The molecule has 5 heteroatoms. The number of nitrogens with one attached hydrogen (secondary N) is 1. The van der Waals surface area contributed by atoms with Crippen molar-refractivity contribution in [2.75, 3.05) is 0 Å². The minimum atomic E-state index is -0.233. The van der Waals surface area contributed by atoms with Crippen molar-refractivity contribution in [1.29, 1.82) is 0 Å². The van der Waals surface area contributed by atoms with Gasteiger partial charge in [0.25, 0.3) is 0 Å². The smallest absolute Gasteiger partial charge is 0.224 e. The number of carbonyl (C=O) groups is 1. The largest absolute Gasteiger partial charge is 0.351 e. The summed E-state index contributed by atoms with van der Waals surface area (Å²) in [6, 6.07) is 6.68. The summed E-state index contributed by atoms with van der Waals surface area (Å²) in [5, 5.41) is 3.16. The van der Waals surface area contributed by atoms with E-state index < -0.39 is 0 Å². The summed E-state index contributed by atoms with van der Waals surface area (Å²) < 4.78 is 15.1. The molecule has 1 aromatic heterocycles. The summed E-state index contributed by atoms with van der Waals surface area (Å²) in [7, 11) is 0. The van der Waals surface area contributed by atoms with E-state index in [0.717, 1.165) is 37.2 Å². The van der Waals surface area contributed by atoms with Crippen molar-refractivity contribution < 1.29 is 9.18 Å². The van der Waals surface area contributed by atoms with Crippen LogP contribution in [-0.2, 0) is 17.8 Å². The fraction of sp³-hybridized carbons (Fsp3) is 0.412. The molecule has 1 N–H and O–H groups in total. The highest BCUT2D eigenvalue weighted by molar-refractivity contribution is 5.83. The first-order valence-electron chi connectivity index (χ1n) is 7.76. The third-order valence-corrected chi connectivity index (χ3v) is 4.71. The zero-order valence-electron chi connectivity index (χ0n) is 12.2. The second-order valence-corrected chi connectivity index (χ2v) is 6.24. The van der Waals surface area contributed by atoms with E-state index >= 15 is 0 Å². The van der Waals surface area contributed by atoms with Crippen LogP contribution in [0.1, 0.15) is 30.1 Å². The predicted octanol–water partition coefficient (Wildman–Crippen LogP) is 2.26. The molecule has 2 aliphatic rings. The monoisotopic (exact) mass is 299 g/mol. The zero-order valence-corrected chi connectivity index (χ0v) is 12.2. The van der Waals surface area contributed by atoms with Crippen LogP contribution in [0, 0.1) is 11.7 Å². The maximum atomic E-state index is 12.9. The lowest BCUT2D eigenvalue weighted by molar-refractivity contribution is -0.123. The molecule has 0 unspecified atom stereocenters. The maximum Gasteiger partial charge on any atom is 0.224 e. The fourth-order valence-corrected chi connectivity index (χ4v) is 3.36. The lowest BCUT2D eigenvalue weighted by Gasteiger charge is -2.24. The van der Waals surface area contributed by atoms with Gasteiger partial charge in [-0.15, -0.1) is 0 Å². The molecule has 1 aliphatic carbocycles. The molecule has 0 radical (unpaired) electrons. The van der Waals surface area contributed by atoms with E-state index in [0.29, 0.717) is 0 Å². The van der Waals surface area contributed by atoms with Crippen LogP contribution in [0.25, 0.3) is 0 Å². The molecule has 1 aliphatic heterocycles. The molecule has 1 amide bonds. The Labute approximate surface area is 128 Å². The molecule has 1 saturated carbocycles. The van der Waals surface area contributed by atoms with Gasteiger partial charge in [0.05, 0.1) is 0 Å². The minimum Gasteiger partial charge on any atom is -0.351 e. The summed E-state index contributed by atoms with van der Waals surface area (Å²) in [5.74, 6) is 1.27. The zero-order chi connectivity index (χ0) is 15.1. The van der Waals surface area contributed by atoms with E-state index in [9.17, 15) is 9.18 Å². The Kier molecular flexibility index (Phi) is 3.21. The highest BCUT2D eigenvalue weighted by Crippen LogP contribution is 2.47. The highest BCUT2D eigenvalue weighted by Gasteiger charge is 2.44. The molecular formula is C17H18FN3O. The van der Waals surface area contributed by atoms with Crippen LogP contribution >= 0.6 is 0 Å². The van der Waals surface area contributed by atoms with Gasteiger partial charge in [-0.05, 0) is 36.5 Å². The molecule has 3 atom stereocenters. The van der Waals surface area contributed by atoms with Gasteiger partial charge in [0, 0.05) is 37.3 Å². The number of benzene rings is 1. The van der Waals surface area contributed by atoms with Gasteiger partial charge < -0.3 is 9.88 Å². The Hall–Kier alpha value is -2.17. The molecule has 0 saturated heterocycles. The molecular weight excluding hydrogens is 281 g/mol. The number of imidazole rings is 1. The Morgan fingerprint density at radius 2 is 2.14 bits per heavy atom. The van der Waals surface area contributed by atoms with E-state index in [1.54, 1.807) is 12.1 Å². The number of hydrogen-bond donors (Lipinski definition) is 1. The lowest BCUT2D eigenvalue weighted by atomic mass is 10.1. The first-order chi connectivity index (χ1) is 10.7. The molecule has 114 valence electrons. The number of halogens is 1. The summed E-state index contributed by atoms with van der Waals surface area (Å²) >= 11 is 0. The van der Waals surface area contributed by atoms with Gasteiger partial charge in [0.2, 0.25) is 5.91 Å². The van der Waals surface area contributed by atoms with Crippen LogP contribution in [0.3, 0.4) is 0 Å². The van der Waals surface area contributed by atoms with Gasteiger partial charge in [-0.1, -0.05) is 12.1 Å². The Morgan fingerprint density at radius 1 is 1.32 bits per heavy atom. The molecule has 0 bridgehead atoms. The number of aromatic nitrogens is 2. The predicted molar refractivity (Wildman–Crippen MR) is 79.7 cm³/mol.